The maximum Gasteiger partial charge on any atom is 0.278 e. The van der Waals surface area contributed by atoms with Gasteiger partial charge in [-0.2, -0.15) is 12.7 Å². The van der Waals surface area contributed by atoms with E-state index in [1.54, 1.807) is 14.2 Å². The van der Waals surface area contributed by atoms with Crippen molar-refractivity contribution in [3.8, 4) is 5.75 Å². The lowest BCUT2D eigenvalue weighted by Gasteiger charge is -2.15. The highest BCUT2D eigenvalue weighted by molar-refractivity contribution is 7.87. The minimum absolute atomic E-state index is 0.440. The van der Waals surface area contributed by atoms with Gasteiger partial charge in [-0.3, -0.25) is 0 Å². The minimum Gasteiger partial charge on any atom is -0.497 e. The molecule has 0 fully saturated rings. The van der Waals surface area contributed by atoms with E-state index in [0.717, 1.165) is 11.3 Å². The molecule has 0 saturated heterocycles. The van der Waals surface area contributed by atoms with Gasteiger partial charge in [0.05, 0.1) is 7.11 Å². The molecule has 0 aliphatic heterocycles. The zero-order chi connectivity index (χ0) is 12.9. The van der Waals surface area contributed by atoms with E-state index in [0.29, 0.717) is 13.0 Å². The molecule has 0 unspecified atom stereocenters. The monoisotopic (exact) mass is 258 g/mol. The predicted octanol–water partition coefficient (Wildman–Crippen LogP) is 0.634. The smallest absolute Gasteiger partial charge is 0.278 e. The van der Waals surface area contributed by atoms with E-state index in [2.05, 4.69) is 4.72 Å². The number of likely N-dealkylation sites (N-methyl/N-ethyl adjacent to an activating group) is 1. The lowest BCUT2D eigenvalue weighted by molar-refractivity contribution is 0.414. The molecule has 1 rings (SSSR count). The predicted molar refractivity (Wildman–Crippen MR) is 67.3 cm³/mol. The number of hydrogen-bond acceptors (Lipinski definition) is 3. The molecule has 0 aliphatic rings. The van der Waals surface area contributed by atoms with E-state index in [9.17, 15) is 8.42 Å². The highest BCUT2D eigenvalue weighted by atomic mass is 32.2. The standard InChI is InChI=1S/C11H18N2O3S/c1-12-17(14,15)13(2)9-8-10-4-6-11(16-3)7-5-10/h4-7,12H,8-9H2,1-3H3. The van der Waals surface area contributed by atoms with Crippen molar-refractivity contribution in [3.05, 3.63) is 29.8 Å². The lowest BCUT2D eigenvalue weighted by atomic mass is 10.1. The van der Waals surface area contributed by atoms with Crippen LogP contribution in [0.15, 0.2) is 24.3 Å². The Balaban J connectivity index is 2.56. The Morgan fingerprint density at radius 1 is 1.29 bits per heavy atom. The third kappa shape index (κ3) is 3.99. The molecule has 0 heterocycles. The molecule has 0 atom stereocenters. The lowest BCUT2D eigenvalue weighted by Crippen LogP contribution is -2.37. The van der Waals surface area contributed by atoms with Crippen LogP contribution in [0.1, 0.15) is 5.56 Å². The molecule has 1 aromatic rings. The van der Waals surface area contributed by atoms with E-state index in [1.807, 2.05) is 24.3 Å². The molecule has 0 spiro atoms. The van der Waals surface area contributed by atoms with E-state index >= 15 is 0 Å². The molecule has 96 valence electrons. The Hall–Kier alpha value is -1.11. The fraction of sp³-hybridized carbons (Fsp3) is 0.455. The number of nitrogens with zero attached hydrogens (tertiary/aromatic N) is 1. The maximum atomic E-state index is 11.4. The fourth-order valence-electron chi connectivity index (χ4n) is 1.35. The van der Waals surface area contributed by atoms with Crippen molar-refractivity contribution in [2.45, 2.75) is 6.42 Å². The fourth-order valence-corrected chi connectivity index (χ4v) is 2.00. The molecule has 0 amide bonds. The summed E-state index contributed by atoms with van der Waals surface area (Å²) < 4.78 is 31.4. The van der Waals surface area contributed by atoms with Gasteiger partial charge in [-0.1, -0.05) is 12.1 Å². The van der Waals surface area contributed by atoms with Gasteiger partial charge in [0, 0.05) is 20.6 Å². The number of nitrogens with one attached hydrogen (secondary N) is 1. The molecule has 0 saturated carbocycles. The second-order valence-corrected chi connectivity index (χ2v) is 5.61. The largest absolute Gasteiger partial charge is 0.497 e. The van der Waals surface area contributed by atoms with E-state index in [4.69, 9.17) is 4.74 Å². The summed E-state index contributed by atoms with van der Waals surface area (Å²) in [7, 11) is 1.24. The third-order valence-corrected chi connectivity index (χ3v) is 4.06. The number of benzene rings is 1. The molecule has 0 aliphatic carbocycles. The van der Waals surface area contributed by atoms with Gasteiger partial charge in [0.2, 0.25) is 0 Å². The van der Waals surface area contributed by atoms with Crippen molar-refractivity contribution in [2.75, 3.05) is 27.7 Å². The summed E-state index contributed by atoms with van der Waals surface area (Å²) in [5.41, 5.74) is 1.07. The molecule has 6 heteroatoms. The van der Waals surface area contributed by atoms with Crippen molar-refractivity contribution < 1.29 is 13.2 Å². The second kappa shape index (κ2) is 6.00. The van der Waals surface area contributed by atoms with Gasteiger partial charge in [-0.25, -0.2) is 4.72 Å². The first-order chi connectivity index (χ1) is 7.99. The van der Waals surface area contributed by atoms with Crippen molar-refractivity contribution >= 4 is 10.2 Å². The molecule has 1 N–H and O–H groups in total. The summed E-state index contributed by atoms with van der Waals surface area (Å²) >= 11 is 0. The summed E-state index contributed by atoms with van der Waals surface area (Å²) in [6, 6.07) is 7.58. The molecule has 17 heavy (non-hydrogen) atoms. The highest BCUT2D eigenvalue weighted by Gasteiger charge is 2.13. The van der Waals surface area contributed by atoms with E-state index in [-0.39, 0.29) is 0 Å². The first-order valence-corrected chi connectivity index (χ1v) is 6.71. The highest BCUT2D eigenvalue weighted by Crippen LogP contribution is 2.12. The van der Waals surface area contributed by atoms with Crippen molar-refractivity contribution in [2.24, 2.45) is 0 Å². The van der Waals surface area contributed by atoms with Gasteiger partial charge in [0.25, 0.3) is 10.2 Å². The van der Waals surface area contributed by atoms with Gasteiger partial charge < -0.3 is 4.74 Å². The van der Waals surface area contributed by atoms with Gasteiger partial charge in [-0.15, -0.1) is 0 Å². The topological polar surface area (TPSA) is 58.6 Å². The molecular weight excluding hydrogens is 240 g/mol. The summed E-state index contributed by atoms with van der Waals surface area (Å²) in [5, 5.41) is 0. The van der Waals surface area contributed by atoms with Crippen LogP contribution in [0.3, 0.4) is 0 Å². The number of rotatable bonds is 6. The average Bonchev–Trinajstić information content (AvgIpc) is 2.36. The molecule has 0 bridgehead atoms. The Kier molecular flexibility index (Phi) is 4.92. The van der Waals surface area contributed by atoms with Gasteiger partial charge >= 0.3 is 0 Å². The summed E-state index contributed by atoms with van der Waals surface area (Å²) in [4.78, 5) is 0. The first kappa shape index (κ1) is 14.0. The summed E-state index contributed by atoms with van der Waals surface area (Å²) in [5.74, 6) is 0.796. The van der Waals surface area contributed by atoms with Crippen LogP contribution in [0.2, 0.25) is 0 Å². The third-order valence-electron chi connectivity index (χ3n) is 2.54. The SMILES string of the molecule is CNS(=O)(=O)N(C)CCc1ccc(OC)cc1. The van der Waals surface area contributed by atoms with Gasteiger partial charge in [0.1, 0.15) is 5.75 Å². The molecule has 0 aromatic heterocycles. The quantitative estimate of drug-likeness (QED) is 0.814. The number of ether oxygens (including phenoxy) is 1. The van der Waals surface area contributed by atoms with Crippen molar-refractivity contribution in [3.63, 3.8) is 0 Å². The second-order valence-electron chi connectivity index (χ2n) is 3.63. The number of hydrogen-bond donors (Lipinski definition) is 1. The molecule has 5 nitrogen and oxygen atoms in total. The van der Waals surface area contributed by atoms with E-state index < -0.39 is 10.2 Å². The van der Waals surface area contributed by atoms with Crippen LogP contribution >= 0.6 is 0 Å². The van der Waals surface area contributed by atoms with E-state index in [1.165, 1.54) is 11.4 Å². The van der Waals surface area contributed by atoms with Crippen LogP contribution in [-0.4, -0.2) is 40.5 Å². The molecule has 0 radical (unpaired) electrons. The van der Waals surface area contributed by atoms with Crippen LogP contribution in [0.5, 0.6) is 5.75 Å². The van der Waals surface area contributed by atoms with Gasteiger partial charge in [0.15, 0.2) is 0 Å². The normalized spacial score (nSPS) is 11.8. The maximum absolute atomic E-state index is 11.4. The van der Waals surface area contributed by atoms with Crippen LogP contribution < -0.4 is 9.46 Å². The van der Waals surface area contributed by atoms with Crippen molar-refractivity contribution in [1.29, 1.82) is 0 Å². The Labute approximate surface area is 103 Å². The Morgan fingerprint density at radius 3 is 2.35 bits per heavy atom. The molecule has 1 aromatic carbocycles. The average molecular weight is 258 g/mol. The zero-order valence-electron chi connectivity index (χ0n) is 10.3. The van der Waals surface area contributed by atoms with Crippen molar-refractivity contribution in [1.82, 2.24) is 9.03 Å². The Bertz CT molecular complexity index is 442. The van der Waals surface area contributed by atoms with Crippen LogP contribution in [0.4, 0.5) is 0 Å². The first-order valence-electron chi connectivity index (χ1n) is 5.27. The summed E-state index contributed by atoms with van der Waals surface area (Å²) in [6.45, 7) is 0.440. The zero-order valence-corrected chi connectivity index (χ0v) is 11.1. The van der Waals surface area contributed by atoms with Crippen LogP contribution in [-0.2, 0) is 16.6 Å². The minimum atomic E-state index is -3.32. The Morgan fingerprint density at radius 2 is 1.88 bits per heavy atom. The van der Waals surface area contributed by atoms with Gasteiger partial charge in [-0.05, 0) is 24.1 Å². The van der Waals surface area contributed by atoms with Crippen LogP contribution in [0, 0.1) is 0 Å². The van der Waals surface area contributed by atoms with Crippen LogP contribution in [0.25, 0.3) is 0 Å². The summed E-state index contributed by atoms with van der Waals surface area (Å²) in [6.07, 6.45) is 0.668. The molecular formula is C11H18N2O3S. The number of methoxy groups -OCH3 is 1.